The minimum atomic E-state index is 0. The maximum Gasteiger partial charge on any atom is 0.193 e. The number of aromatic nitrogens is 2. The fourth-order valence-corrected chi connectivity index (χ4v) is 2.87. The third-order valence-corrected chi connectivity index (χ3v) is 3.93. The summed E-state index contributed by atoms with van der Waals surface area (Å²) >= 11 is 3.50. The van der Waals surface area contributed by atoms with Crippen LogP contribution in [0.4, 0.5) is 0 Å². The summed E-state index contributed by atoms with van der Waals surface area (Å²) in [6.07, 6.45) is 6.65. The zero-order chi connectivity index (χ0) is 15.9. The summed E-state index contributed by atoms with van der Waals surface area (Å²) < 4.78 is 3.21. The van der Waals surface area contributed by atoms with Gasteiger partial charge in [-0.05, 0) is 46.1 Å². The molecule has 0 saturated heterocycles. The van der Waals surface area contributed by atoms with Crippen LogP contribution in [0, 0.1) is 0 Å². The highest BCUT2D eigenvalue weighted by Gasteiger charge is 2.09. The number of hydrogen-bond acceptors (Lipinski definition) is 2. The van der Waals surface area contributed by atoms with Crippen molar-refractivity contribution in [3.63, 3.8) is 0 Å². The van der Waals surface area contributed by atoms with Gasteiger partial charge in [-0.1, -0.05) is 0 Å². The molecule has 23 heavy (non-hydrogen) atoms. The molecule has 2 aromatic heterocycles. The molecule has 0 aliphatic carbocycles. The van der Waals surface area contributed by atoms with Crippen molar-refractivity contribution in [1.29, 1.82) is 0 Å². The van der Waals surface area contributed by atoms with E-state index in [1.165, 1.54) is 11.3 Å². The molecule has 0 aliphatic rings. The molecule has 0 unspecified atom stereocenters. The second kappa shape index (κ2) is 9.92. The van der Waals surface area contributed by atoms with Gasteiger partial charge in [-0.3, -0.25) is 9.98 Å². The maximum absolute atomic E-state index is 4.35. The molecule has 0 aromatic carbocycles. The maximum atomic E-state index is 4.35. The third kappa shape index (κ3) is 6.14. The standard InChI is InChI=1S/C16H22BrN5.HI/c1-18-16(20-9-6-13-4-7-19-8-5-13)22(3)12-15-10-14(17)11-21(15)2;/h4-5,7-8,10-11H,6,9,12H2,1-3H3,(H,18,20);1H. The quantitative estimate of drug-likeness (QED) is 0.397. The molecule has 2 rings (SSSR count). The largest absolute Gasteiger partial charge is 0.356 e. The van der Waals surface area contributed by atoms with Gasteiger partial charge >= 0.3 is 0 Å². The van der Waals surface area contributed by atoms with E-state index in [4.69, 9.17) is 0 Å². The number of aryl methyl sites for hydroxylation is 1. The first-order valence-electron chi connectivity index (χ1n) is 7.21. The van der Waals surface area contributed by atoms with Crippen LogP contribution in [-0.2, 0) is 20.0 Å². The highest BCUT2D eigenvalue weighted by Crippen LogP contribution is 2.14. The van der Waals surface area contributed by atoms with Gasteiger partial charge in [0.1, 0.15) is 0 Å². The van der Waals surface area contributed by atoms with Crippen LogP contribution in [-0.4, -0.2) is 41.1 Å². The Morgan fingerprint density at radius 3 is 2.65 bits per heavy atom. The molecule has 2 aromatic rings. The molecule has 126 valence electrons. The number of nitrogens with zero attached hydrogens (tertiary/aromatic N) is 4. The van der Waals surface area contributed by atoms with E-state index < -0.39 is 0 Å². The summed E-state index contributed by atoms with van der Waals surface area (Å²) in [6, 6.07) is 6.20. The van der Waals surface area contributed by atoms with Gasteiger partial charge < -0.3 is 14.8 Å². The number of guanidine groups is 1. The summed E-state index contributed by atoms with van der Waals surface area (Å²) in [4.78, 5) is 10.5. The Balaban J connectivity index is 0.00000264. The predicted molar refractivity (Wildman–Crippen MR) is 109 cm³/mol. The van der Waals surface area contributed by atoms with E-state index in [0.717, 1.165) is 29.9 Å². The monoisotopic (exact) mass is 491 g/mol. The normalized spacial score (nSPS) is 11.0. The van der Waals surface area contributed by atoms with Gasteiger partial charge in [0, 0.05) is 56.4 Å². The minimum absolute atomic E-state index is 0. The van der Waals surface area contributed by atoms with E-state index in [1.807, 2.05) is 45.7 Å². The average molecular weight is 492 g/mol. The Bertz CT molecular complexity index is 627. The highest BCUT2D eigenvalue weighted by molar-refractivity contribution is 14.0. The minimum Gasteiger partial charge on any atom is -0.356 e. The molecule has 0 saturated carbocycles. The number of pyridine rings is 1. The van der Waals surface area contributed by atoms with Crippen LogP contribution in [0.15, 0.2) is 46.3 Å². The van der Waals surface area contributed by atoms with Crippen LogP contribution < -0.4 is 5.32 Å². The summed E-state index contributed by atoms with van der Waals surface area (Å²) in [5.74, 6) is 0.895. The van der Waals surface area contributed by atoms with Crippen LogP contribution in [0.3, 0.4) is 0 Å². The molecule has 0 atom stereocenters. The molecule has 0 fully saturated rings. The fourth-order valence-electron chi connectivity index (χ4n) is 2.29. The Hall–Kier alpha value is -1.09. The van der Waals surface area contributed by atoms with Crippen LogP contribution >= 0.6 is 39.9 Å². The Morgan fingerprint density at radius 2 is 2.09 bits per heavy atom. The van der Waals surface area contributed by atoms with E-state index in [2.05, 4.69) is 53.0 Å². The number of halogens is 2. The molecular formula is C16H23BrIN5. The van der Waals surface area contributed by atoms with Crippen molar-refractivity contribution in [1.82, 2.24) is 19.8 Å². The van der Waals surface area contributed by atoms with Crippen molar-refractivity contribution >= 4 is 45.9 Å². The Labute approximate surface area is 163 Å². The summed E-state index contributed by atoms with van der Waals surface area (Å²) in [6.45, 7) is 1.65. The van der Waals surface area contributed by atoms with Gasteiger partial charge in [0.15, 0.2) is 5.96 Å². The molecule has 0 spiro atoms. The second-order valence-corrected chi connectivity index (χ2v) is 6.11. The van der Waals surface area contributed by atoms with E-state index in [-0.39, 0.29) is 24.0 Å². The molecule has 7 heteroatoms. The zero-order valence-corrected chi connectivity index (χ0v) is 17.6. The molecule has 5 nitrogen and oxygen atoms in total. The smallest absolute Gasteiger partial charge is 0.193 e. The third-order valence-electron chi connectivity index (χ3n) is 3.49. The van der Waals surface area contributed by atoms with Crippen molar-refractivity contribution < 1.29 is 0 Å². The van der Waals surface area contributed by atoms with Gasteiger partial charge in [0.05, 0.1) is 6.54 Å². The molecule has 2 heterocycles. The summed E-state index contributed by atoms with van der Waals surface area (Å²) in [5.41, 5.74) is 2.50. The Morgan fingerprint density at radius 1 is 1.39 bits per heavy atom. The highest BCUT2D eigenvalue weighted by atomic mass is 127. The number of aliphatic imine (C=N–C) groups is 1. The zero-order valence-electron chi connectivity index (χ0n) is 13.7. The van der Waals surface area contributed by atoms with Crippen LogP contribution in [0.1, 0.15) is 11.3 Å². The lowest BCUT2D eigenvalue weighted by atomic mass is 10.2. The molecule has 0 bridgehead atoms. The van der Waals surface area contributed by atoms with Crippen molar-refractivity contribution in [2.75, 3.05) is 20.6 Å². The lowest BCUT2D eigenvalue weighted by Crippen LogP contribution is -2.39. The first-order valence-corrected chi connectivity index (χ1v) is 8.01. The van der Waals surface area contributed by atoms with Crippen molar-refractivity contribution in [3.05, 3.63) is 52.5 Å². The van der Waals surface area contributed by atoms with E-state index in [9.17, 15) is 0 Å². The first-order chi connectivity index (χ1) is 10.6. The second-order valence-electron chi connectivity index (χ2n) is 5.20. The molecule has 0 amide bonds. The molecule has 0 radical (unpaired) electrons. The SMILES string of the molecule is CN=C(NCCc1ccncc1)N(C)Cc1cc(Br)cn1C.I. The van der Waals surface area contributed by atoms with Gasteiger partial charge in [0.25, 0.3) is 0 Å². The summed E-state index contributed by atoms with van der Waals surface area (Å²) in [5, 5.41) is 3.40. The number of nitrogens with one attached hydrogen (secondary N) is 1. The topological polar surface area (TPSA) is 45.5 Å². The molecule has 1 N–H and O–H groups in total. The summed E-state index contributed by atoms with van der Waals surface area (Å²) in [7, 11) is 5.91. The van der Waals surface area contributed by atoms with E-state index in [1.54, 1.807) is 0 Å². The van der Waals surface area contributed by atoms with Crippen molar-refractivity contribution in [2.45, 2.75) is 13.0 Å². The van der Waals surface area contributed by atoms with Gasteiger partial charge in [-0.2, -0.15) is 0 Å². The first kappa shape index (κ1) is 20.0. The van der Waals surface area contributed by atoms with Crippen LogP contribution in [0.2, 0.25) is 0 Å². The van der Waals surface area contributed by atoms with Crippen molar-refractivity contribution in [2.24, 2.45) is 12.0 Å². The average Bonchev–Trinajstić information content (AvgIpc) is 2.82. The van der Waals surface area contributed by atoms with Gasteiger partial charge in [0.2, 0.25) is 0 Å². The number of rotatable bonds is 5. The lowest BCUT2D eigenvalue weighted by Gasteiger charge is -2.22. The van der Waals surface area contributed by atoms with E-state index in [0.29, 0.717) is 0 Å². The van der Waals surface area contributed by atoms with Crippen LogP contribution in [0.25, 0.3) is 0 Å². The van der Waals surface area contributed by atoms with Crippen molar-refractivity contribution in [3.8, 4) is 0 Å². The Kier molecular flexibility index (Phi) is 8.60. The predicted octanol–water partition coefficient (Wildman–Crippen LogP) is 3.05. The van der Waals surface area contributed by atoms with Gasteiger partial charge in [-0.15, -0.1) is 24.0 Å². The lowest BCUT2D eigenvalue weighted by molar-refractivity contribution is 0.462. The van der Waals surface area contributed by atoms with E-state index >= 15 is 0 Å². The van der Waals surface area contributed by atoms with Gasteiger partial charge in [-0.25, -0.2) is 0 Å². The molecule has 0 aliphatic heterocycles. The molecular weight excluding hydrogens is 469 g/mol. The fraction of sp³-hybridized carbons (Fsp3) is 0.375. The van der Waals surface area contributed by atoms with Crippen LogP contribution in [0.5, 0.6) is 0 Å². The number of hydrogen-bond donors (Lipinski definition) is 1.